The summed E-state index contributed by atoms with van der Waals surface area (Å²) < 4.78 is 16.8. The molecule has 5 heteroatoms. The Labute approximate surface area is 161 Å². The summed E-state index contributed by atoms with van der Waals surface area (Å²) in [5.41, 5.74) is 3.29. The Morgan fingerprint density at radius 3 is 2.41 bits per heavy atom. The largest absolute Gasteiger partial charge is 0.490 e. The van der Waals surface area contributed by atoms with Crippen molar-refractivity contribution in [2.75, 3.05) is 26.4 Å². The second-order valence-corrected chi connectivity index (χ2v) is 6.23. The molecule has 0 aromatic heterocycles. The number of hydrogen-bond donors (Lipinski definition) is 1. The van der Waals surface area contributed by atoms with E-state index in [1.165, 1.54) is 0 Å². The number of carbonyl (C=O) groups is 1. The molecule has 2 aromatic carbocycles. The molecule has 5 nitrogen and oxygen atoms in total. The van der Waals surface area contributed by atoms with Crippen LogP contribution in [0, 0.1) is 13.8 Å². The highest BCUT2D eigenvalue weighted by atomic mass is 16.5. The molecule has 0 aliphatic rings. The number of rotatable bonds is 10. The van der Waals surface area contributed by atoms with E-state index in [9.17, 15) is 4.79 Å². The lowest BCUT2D eigenvalue weighted by molar-refractivity contribution is -0.123. The molecule has 0 atom stereocenters. The van der Waals surface area contributed by atoms with Crippen LogP contribution >= 0.6 is 0 Å². The normalized spacial score (nSPS) is 10.4. The van der Waals surface area contributed by atoms with Crippen molar-refractivity contribution in [1.29, 1.82) is 0 Å². The van der Waals surface area contributed by atoms with E-state index in [1.807, 2.05) is 64.1 Å². The van der Waals surface area contributed by atoms with E-state index in [2.05, 4.69) is 5.32 Å². The monoisotopic (exact) mass is 371 g/mol. The van der Waals surface area contributed by atoms with Gasteiger partial charge in [0.1, 0.15) is 5.75 Å². The quantitative estimate of drug-likeness (QED) is 0.689. The van der Waals surface area contributed by atoms with Crippen LogP contribution in [0.4, 0.5) is 0 Å². The van der Waals surface area contributed by atoms with Gasteiger partial charge < -0.3 is 19.5 Å². The first-order valence-electron chi connectivity index (χ1n) is 9.39. The Bertz CT molecular complexity index is 758. The zero-order valence-electron chi connectivity index (χ0n) is 16.6. The second kappa shape index (κ2) is 10.5. The number of hydrogen-bond acceptors (Lipinski definition) is 4. The number of benzene rings is 2. The minimum Gasteiger partial charge on any atom is -0.490 e. The van der Waals surface area contributed by atoms with Crippen LogP contribution in [0.3, 0.4) is 0 Å². The van der Waals surface area contributed by atoms with Crippen LogP contribution in [0.25, 0.3) is 0 Å². The van der Waals surface area contributed by atoms with Crippen molar-refractivity contribution in [2.45, 2.75) is 34.1 Å². The minimum absolute atomic E-state index is 0.0117. The van der Waals surface area contributed by atoms with Crippen LogP contribution in [-0.4, -0.2) is 32.3 Å². The van der Waals surface area contributed by atoms with Gasteiger partial charge in [0.05, 0.1) is 13.2 Å². The smallest absolute Gasteiger partial charge is 0.257 e. The van der Waals surface area contributed by atoms with Crippen LogP contribution < -0.4 is 19.5 Å². The SMILES string of the molecule is CCOc1ccc(CCNC(=O)COc2cccc(C)c2C)cc1OCC. The molecule has 0 aliphatic heterocycles. The van der Waals surface area contributed by atoms with Gasteiger partial charge in [0.15, 0.2) is 18.1 Å². The molecule has 0 aliphatic carbocycles. The van der Waals surface area contributed by atoms with Crippen LogP contribution in [0.15, 0.2) is 36.4 Å². The van der Waals surface area contributed by atoms with Gasteiger partial charge in [-0.15, -0.1) is 0 Å². The molecule has 0 saturated carbocycles. The van der Waals surface area contributed by atoms with Gasteiger partial charge in [-0.3, -0.25) is 4.79 Å². The van der Waals surface area contributed by atoms with Gasteiger partial charge in [0.25, 0.3) is 5.91 Å². The highest BCUT2D eigenvalue weighted by Crippen LogP contribution is 2.28. The van der Waals surface area contributed by atoms with E-state index in [0.29, 0.717) is 26.2 Å². The summed E-state index contributed by atoms with van der Waals surface area (Å²) in [6.07, 6.45) is 0.710. The predicted molar refractivity (Wildman–Crippen MR) is 107 cm³/mol. The molecule has 2 aromatic rings. The molecule has 1 N–H and O–H groups in total. The Morgan fingerprint density at radius 2 is 1.67 bits per heavy atom. The average molecular weight is 371 g/mol. The van der Waals surface area contributed by atoms with Crippen LogP contribution in [0.2, 0.25) is 0 Å². The number of nitrogens with one attached hydrogen (secondary N) is 1. The maximum Gasteiger partial charge on any atom is 0.257 e. The lowest BCUT2D eigenvalue weighted by Gasteiger charge is -2.13. The molecule has 0 unspecified atom stereocenters. The van der Waals surface area contributed by atoms with Crippen LogP contribution in [-0.2, 0) is 11.2 Å². The first kappa shape index (κ1) is 20.6. The maximum absolute atomic E-state index is 12.0. The van der Waals surface area contributed by atoms with Crippen LogP contribution in [0.1, 0.15) is 30.5 Å². The van der Waals surface area contributed by atoms with Gasteiger partial charge in [0.2, 0.25) is 0 Å². The standard InChI is InChI=1S/C22H29NO4/c1-5-25-20-11-10-18(14-21(20)26-6-2)12-13-23-22(24)15-27-19-9-7-8-16(3)17(19)4/h7-11,14H,5-6,12-13,15H2,1-4H3,(H,23,24). The van der Waals surface area contributed by atoms with Crippen molar-refractivity contribution in [3.05, 3.63) is 53.1 Å². The highest BCUT2D eigenvalue weighted by molar-refractivity contribution is 5.77. The summed E-state index contributed by atoms with van der Waals surface area (Å²) in [5, 5.41) is 2.89. The van der Waals surface area contributed by atoms with Gasteiger partial charge in [-0.05, 0) is 69.0 Å². The summed E-state index contributed by atoms with van der Waals surface area (Å²) >= 11 is 0. The molecule has 0 heterocycles. The van der Waals surface area contributed by atoms with E-state index < -0.39 is 0 Å². The van der Waals surface area contributed by atoms with Crippen molar-refractivity contribution in [1.82, 2.24) is 5.32 Å². The number of ether oxygens (including phenoxy) is 3. The topological polar surface area (TPSA) is 56.8 Å². The van der Waals surface area contributed by atoms with Crippen molar-refractivity contribution in [2.24, 2.45) is 0 Å². The van der Waals surface area contributed by atoms with E-state index in [1.54, 1.807) is 0 Å². The van der Waals surface area contributed by atoms with Gasteiger partial charge in [-0.1, -0.05) is 18.2 Å². The van der Waals surface area contributed by atoms with E-state index >= 15 is 0 Å². The molecule has 146 valence electrons. The minimum atomic E-state index is -0.133. The number of carbonyl (C=O) groups excluding carboxylic acids is 1. The summed E-state index contributed by atoms with van der Waals surface area (Å²) in [6, 6.07) is 11.7. The number of amides is 1. The van der Waals surface area contributed by atoms with Crippen molar-refractivity contribution in [3.8, 4) is 17.2 Å². The van der Waals surface area contributed by atoms with Crippen LogP contribution in [0.5, 0.6) is 17.2 Å². The Kier molecular flexibility index (Phi) is 7.99. The van der Waals surface area contributed by atoms with Gasteiger partial charge >= 0.3 is 0 Å². The molecular weight excluding hydrogens is 342 g/mol. The van der Waals surface area contributed by atoms with E-state index in [4.69, 9.17) is 14.2 Å². The Balaban J connectivity index is 1.82. The van der Waals surface area contributed by atoms with Crippen molar-refractivity contribution < 1.29 is 19.0 Å². The third kappa shape index (κ3) is 6.20. The van der Waals surface area contributed by atoms with Gasteiger partial charge in [-0.25, -0.2) is 0 Å². The molecule has 0 bridgehead atoms. The predicted octanol–water partition coefficient (Wildman–Crippen LogP) is 3.84. The van der Waals surface area contributed by atoms with Crippen molar-refractivity contribution >= 4 is 5.91 Å². The molecule has 1 amide bonds. The Hall–Kier alpha value is -2.69. The lowest BCUT2D eigenvalue weighted by atomic mass is 10.1. The molecule has 0 fully saturated rings. The maximum atomic E-state index is 12.0. The van der Waals surface area contributed by atoms with Gasteiger partial charge in [-0.2, -0.15) is 0 Å². The fourth-order valence-electron chi connectivity index (χ4n) is 2.67. The zero-order valence-corrected chi connectivity index (χ0v) is 16.6. The highest BCUT2D eigenvalue weighted by Gasteiger charge is 2.08. The summed E-state index contributed by atoms with van der Waals surface area (Å²) in [5.74, 6) is 2.10. The first-order valence-corrected chi connectivity index (χ1v) is 9.39. The Morgan fingerprint density at radius 1 is 0.926 bits per heavy atom. The van der Waals surface area contributed by atoms with Crippen molar-refractivity contribution in [3.63, 3.8) is 0 Å². The summed E-state index contributed by atoms with van der Waals surface area (Å²) in [7, 11) is 0. The average Bonchev–Trinajstić information content (AvgIpc) is 2.65. The van der Waals surface area contributed by atoms with E-state index in [-0.39, 0.29) is 12.5 Å². The molecule has 0 spiro atoms. The molecular formula is C22H29NO4. The van der Waals surface area contributed by atoms with Gasteiger partial charge in [0, 0.05) is 6.54 Å². The molecule has 2 rings (SSSR count). The third-order valence-corrected chi connectivity index (χ3v) is 4.26. The zero-order chi connectivity index (χ0) is 19.6. The molecule has 0 saturated heterocycles. The molecule has 27 heavy (non-hydrogen) atoms. The number of aryl methyl sites for hydroxylation is 1. The summed E-state index contributed by atoms with van der Waals surface area (Å²) in [6.45, 7) is 9.62. The first-order chi connectivity index (χ1) is 13.0. The van der Waals surface area contributed by atoms with E-state index in [0.717, 1.165) is 33.9 Å². The fourth-order valence-corrected chi connectivity index (χ4v) is 2.67. The third-order valence-electron chi connectivity index (χ3n) is 4.26. The lowest BCUT2D eigenvalue weighted by Crippen LogP contribution is -2.30. The summed E-state index contributed by atoms with van der Waals surface area (Å²) in [4.78, 5) is 12.0. The second-order valence-electron chi connectivity index (χ2n) is 6.23. The molecule has 0 radical (unpaired) electrons. The fraction of sp³-hybridized carbons (Fsp3) is 0.409.